The molecule has 0 spiro atoms. The van der Waals surface area contributed by atoms with Crippen molar-refractivity contribution in [1.82, 2.24) is 0 Å². The van der Waals surface area contributed by atoms with E-state index in [1.54, 1.807) is 13.2 Å². The molecular weight excluding hydrogens is 412 g/mol. The zero-order chi connectivity index (χ0) is 23.8. The SMILES string of the molecule is C#CCOc1ccc(C(CC(=O)c2cccc(C)c2)CC(=O)c2cccc(C)c2)cc1OC. The molecule has 0 aliphatic carbocycles. The number of rotatable bonds is 10. The quantitative estimate of drug-likeness (QED) is 0.289. The maximum Gasteiger partial charge on any atom is 0.163 e. The minimum atomic E-state index is -0.318. The van der Waals surface area contributed by atoms with Crippen LogP contribution in [0.4, 0.5) is 0 Å². The fourth-order valence-electron chi connectivity index (χ4n) is 3.80. The smallest absolute Gasteiger partial charge is 0.163 e. The predicted octanol–water partition coefficient (Wildman–Crippen LogP) is 5.95. The van der Waals surface area contributed by atoms with E-state index in [9.17, 15) is 9.59 Å². The Morgan fingerprint density at radius 3 is 1.91 bits per heavy atom. The number of carbonyl (C=O) groups is 2. The molecule has 0 saturated carbocycles. The van der Waals surface area contributed by atoms with Gasteiger partial charge in [-0.3, -0.25) is 9.59 Å². The van der Waals surface area contributed by atoms with Crippen LogP contribution in [0.15, 0.2) is 66.7 Å². The van der Waals surface area contributed by atoms with Crippen LogP contribution in [0.3, 0.4) is 0 Å². The van der Waals surface area contributed by atoms with Crippen molar-refractivity contribution < 1.29 is 19.1 Å². The summed E-state index contributed by atoms with van der Waals surface area (Å²) in [7, 11) is 1.55. The number of carbonyl (C=O) groups excluding carboxylic acids is 2. The molecule has 33 heavy (non-hydrogen) atoms. The number of Topliss-reactive ketones (excluding diaryl/α,β-unsaturated/α-hetero) is 2. The minimum absolute atomic E-state index is 0.00707. The van der Waals surface area contributed by atoms with Crippen LogP contribution < -0.4 is 9.47 Å². The molecule has 3 rings (SSSR count). The Morgan fingerprint density at radius 2 is 1.42 bits per heavy atom. The van der Waals surface area contributed by atoms with Gasteiger partial charge in [0.25, 0.3) is 0 Å². The van der Waals surface area contributed by atoms with Gasteiger partial charge in [-0.05, 0) is 49.6 Å². The molecule has 0 unspecified atom stereocenters. The van der Waals surface area contributed by atoms with Crippen LogP contribution in [0.5, 0.6) is 11.5 Å². The summed E-state index contributed by atoms with van der Waals surface area (Å²) in [6.45, 7) is 4.03. The van der Waals surface area contributed by atoms with Crippen molar-refractivity contribution in [3.8, 4) is 23.8 Å². The molecule has 3 aromatic carbocycles. The van der Waals surface area contributed by atoms with Crippen LogP contribution >= 0.6 is 0 Å². The second-order valence-electron chi connectivity index (χ2n) is 8.09. The van der Waals surface area contributed by atoms with Gasteiger partial charge in [0.15, 0.2) is 23.1 Å². The van der Waals surface area contributed by atoms with Crippen molar-refractivity contribution in [3.63, 3.8) is 0 Å². The number of aryl methyl sites for hydroxylation is 2. The number of ketones is 2. The highest BCUT2D eigenvalue weighted by Crippen LogP contribution is 2.35. The fraction of sp³-hybridized carbons (Fsp3) is 0.241. The molecule has 0 N–H and O–H groups in total. The van der Waals surface area contributed by atoms with Gasteiger partial charge in [-0.1, -0.05) is 59.5 Å². The molecule has 0 radical (unpaired) electrons. The van der Waals surface area contributed by atoms with Crippen LogP contribution in [0.1, 0.15) is 56.2 Å². The monoisotopic (exact) mass is 440 g/mol. The summed E-state index contributed by atoms with van der Waals surface area (Å²) in [5.41, 5.74) is 4.16. The van der Waals surface area contributed by atoms with Crippen molar-refractivity contribution in [2.45, 2.75) is 32.6 Å². The third-order valence-electron chi connectivity index (χ3n) is 5.51. The topological polar surface area (TPSA) is 52.6 Å². The molecule has 0 heterocycles. The summed E-state index contributed by atoms with van der Waals surface area (Å²) in [6.07, 6.45) is 5.70. The van der Waals surface area contributed by atoms with Gasteiger partial charge in [0.2, 0.25) is 0 Å². The summed E-state index contributed by atoms with van der Waals surface area (Å²) in [5.74, 6) is 3.14. The zero-order valence-corrected chi connectivity index (χ0v) is 19.3. The van der Waals surface area contributed by atoms with Gasteiger partial charge >= 0.3 is 0 Å². The minimum Gasteiger partial charge on any atom is -0.493 e. The van der Waals surface area contributed by atoms with Gasteiger partial charge in [0.05, 0.1) is 7.11 Å². The maximum atomic E-state index is 13.1. The Hall–Kier alpha value is -3.84. The highest BCUT2D eigenvalue weighted by atomic mass is 16.5. The first kappa shape index (κ1) is 23.8. The Balaban J connectivity index is 1.93. The molecular formula is C29H28O4. The number of terminal acetylenes is 1. The van der Waals surface area contributed by atoms with Crippen LogP contribution in [0.2, 0.25) is 0 Å². The largest absolute Gasteiger partial charge is 0.493 e. The average molecular weight is 441 g/mol. The highest BCUT2D eigenvalue weighted by molar-refractivity contribution is 5.99. The van der Waals surface area contributed by atoms with Crippen LogP contribution in [-0.4, -0.2) is 25.3 Å². The van der Waals surface area contributed by atoms with Gasteiger partial charge < -0.3 is 9.47 Å². The van der Waals surface area contributed by atoms with Gasteiger partial charge in [-0.25, -0.2) is 0 Å². The van der Waals surface area contributed by atoms with Crippen molar-refractivity contribution >= 4 is 11.6 Å². The summed E-state index contributed by atoms with van der Waals surface area (Å²) in [5, 5.41) is 0. The van der Waals surface area contributed by atoms with E-state index in [1.807, 2.05) is 74.5 Å². The Bertz CT molecular complexity index is 1130. The van der Waals surface area contributed by atoms with Gasteiger partial charge in [0.1, 0.15) is 6.61 Å². The molecule has 4 nitrogen and oxygen atoms in total. The molecule has 0 amide bonds. The lowest BCUT2D eigenvalue weighted by atomic mass is 9.86. The predicted molar refractivity (Wildman–Crippen MR) is 130 cm³/mol. The number of hydrogen-bond acceptors (Lipinski definition) is 4. The Labute approximate surface area is 195 Å². The van der Waals surface area contributed by atoms with E-state index in [1.165, 1.54) is 0 Å². The van der Waals surface area contributed by atoms with E-state index in [2.05, 4.69) is 5.92 Å². The molecule has 0 fully saturated rings. The van der Waals surface area contributed by atoms with E-state index >= 15 is 0 Å². The van der Waals surface area contributed by atoms with Gasteiger partial charge in [-0.2, -0.15) is 0 Å². The zero-order valence-electron chi connectivity index (χ0n) is 19.3. The summed E-state index contributed by atoms with van der Waals surface area (Å²) in [6, 6.07) is 20.5. The lowest BCUT2D eigenvalue weighted by molar-refractivity contribution is 0.0944. The van der Waals surface area contributed by atoms with E-state index in [-0.39, 0.29) is 36.9 Å². The molecule has 168 valence electrons. The molecule has 3 aromatic rings. The number of hydrogen-bond donors (Lipinski definition) is 0. The Kier molecular flexibility index (Phi) is 8.05. The van der Waals surface area contributed by atoms with Gasteiger partial charge in [-0.15, -0.1) is 6.42 Å². The van der Waals surface area contributed by atoms with Crippen LogP contribution in [0, 0.1) is 26.2 Å². The first-order valence-electron chi connectivity index (χ1n) is 10.8. The molecule has 0 aliphatic heterocycles. The van der Waals surface area contributed by atoms with Crippen molar-refractivity contribution in [2.24, 2.45) is 0 Å². The maximum absolute atomic E-state index is 13.1. The first-order valence-corrected chi connectivity index (χ1v) is 10.8. The van der Waals surface area contributed by atoms with Crippen LogP contribution in [0.25, 0.3) is 0 Å². The van der Waals surface area contributed by atoms with Crippen molar-refractivity contribution in [1.29, 1.82) is 0 Å². The normalized spacial score (nSPS) is 10.5. The molecule has 0 aliphatic rings. The average Bonchev–Trinajstić information content (AvgIpc) is 2.82. The molecule has 0 bridgehead atoms. The second-order valence-corrected chi connectivity index (χ2v) is 8.09. The molecule has 4 heteroatoms. The second kappa shape index (κ2) is 11.2. The summed E-state index contributed by atoms with van der Waals surface area (Å²) < 4.78 is 11.0. The standard InChI is InChI=1S/C29H28O4/c1-5-14-33-28-13-12-22(19-29(28)32-4)25(17-26(30)23-10-6-8-20(2)15-23)18-27(31)24-11-7-9-21(3)16-24/h1,6-13,15-16,19,25H,14,17-18H2,2-4H3. The lowest BCUT2D eigenvalue weighted by Gasteiger charge is -2.19. The highest BCUT2D eigenvalue weighted by Gasteiger charge is 2.23. The number of methoxy groups -OCH3 is 1. The third-order valence-corrected chi connectivity index (χ3v) is 5.51. The summed E-state index contributed by atoms with van der Waals surface area (Å²) >= 11 is 0. The van der Waals surface area contributed by atoms with E-state index in [0.717, 1.165) is 16.7 Å². The molecule has 0 saturated heterocycles. The van der Waals surface area contributed by atoms with E-state index < -0.39 is 0 Å². The Morgan fingerprint density at radius 1 is 0.848 bits per heavy atom. The van der Waals surface area contributed by atoms with E-state index in [4.69, 9.17) is 15.9 Å². The third kappa shape index (κ3) is 6.33. The summed E-state index contributed by atoms with van der Waals surface area (Å²) in [4.78, 5) is 26.3. The number of ether oxygens (including phenoxy) is 2. The lowest BCUT2D eigenvalue weighted by Crippen LogP contribution is -2.13. The van der Waals surface area contributed by atoms with Crippen molar-refractivity contribution in [3.05, 3.63) is 94.5 Å². The molecule has 0 aromatic heterocycles. The molecule has 0 atom stereocenters. The number of benzene rings is 3. The first-order chi connectivity index (χ1) is 15.9. The van der Waals surface area contributed by atoms with E-state index in [0.29, 0.717) is 22.6 Å². The van der Waals surface area contributed by atoms with Crippen LogP contribution in [-0.2, 0) is 0 Å². The fourth-order valence-corrected chi connectivity index (χ4v) is 3.80. The van der Waals surface area contributed by atoms with Crippen molar-refractivity contribution in [2.75, 3.05) is 13.7 Å². The van der Waals surface area contributed by atoms with Gasteiger partial charge in [0, 0.05) is 24.0 Å².